The molecule has 2 fully saturated rings. The highest BCUT2D eigenvalue weighted by atomic mass is 35.5. The quantitative estimate of drug-likeness (QED) is 0.394. The molecular weight excluding hydrogens is 476 g/mol. The van der Waals surface area contributed by atoms with Crippen molar-refractivity contribution in [3.63, 3.8) is 0 Å². The molecule has 0 aliphatic carbocycles. The average molecular weight is 510 g/mol. The van der Waals surface area contributed by atoms with Gasteiger partial charge >= 0.3 is 0 Å². The lowest BCUT2D eigenvalue weighted by Gasteiger charge is -2.41. The summed E-state index contributed by atoms with van der Waals surface area (Å²) < 4.78 is 28.5. The van der Waals surface area contributed by atoms with Gasteiger partial charge in [0.25, 0.3) is 0 Å². The summed E-state index contributed by atoms with van der Waals surface area (Å²) in [6, 6.07) is 2.15. The molecule has 5 nitrogen and oxygen atoms in total. The van der Waals surface area contributed by atoms with Crippen molar-refractivity contribution >= 4 is 29.2 Å². The third-order valence-corrected chi connectivity index (χ3v) is 7.86. The maximum Gasteiger partial charge on any atom is 0.152 e. The molecule has 1 aromatic carbocycles. The molecule has 34 heavy (non-hydrogen) atoms. The van der Waals surface area contributed by atoms with Gasteiger partial charge in [-0.25, -0.2) is 13.8 Å². The van der Waals surface area contributed by atoms with Crippen molar-refractivity contribution < 1.29 is 8.78 Å². The van der Waals surface area contributed by atoms with Crippen LogP contribution in [0.15, 0.2) is 52.2 Å². The van der Waals surface area contributed by atoms with E-state index < -0.39 is 11.6 Å². The van der Waals surface area contributed by atoms with Crippen LogP contribution < -0.4 is 10.6 Å². The van der Waals surface area contributed by atoms with E-state index in [0.717, 1.165) is 48.9 Å². The lowest BCUT2D eigenvalue weighted by Crippen LogP contribution is -2.51. The van der Waals surface area contributed by atoms with Crippen molar-refractivity contribution in [1.29, 1.82) is 0 Å². The molecule has 0 amide bonds. The second-order valence-corrected chi connectivity index (χ2v) is 10.7. The Morgan fingerprint density at radius 1 is 1.15 bits per heavy atom. The zero-order chi connectivity index (χ0) is 24.9. The largest absolute Gasteiger partial charge is 0.381 e. The van der Waals surface area contributed by atoms with Crippen LogP contribution >= 0.6 is 23.4 Å². The van der Waals surface area contributed by atoms with E-state index in [-0.39, 0.29) is 22.0 Å². The summed E-state index contributed by atoms with van der Waals surface area (Å²) in [6.45, 7) is 17.8. The number of allylic oxidation sites excluding steroid dienone is 2. The molecule has 0 unspecified atom stereocenters. The molecule has 0 aromatic heterocycles. The van der Waals surface area contributed by atoms with Gasteiger partial charge in [0, 0.05) is 56.3 Å². The van der Waals surface area contributed by atoms with E-state index in [1.165, 1.54) is 0 Å². The summed E-state index contributed by atoms with van der Waals surface area (Å²) in [6.07, 6.45) is 4.04. The topological polar surface area (TPSA) is 42.9 Å². The summed E-state index contributed by atoms with van der Waals surface area (Å²) in [5.41, 5.74) is 1.57. The maximum absolute atomic E-state index is 14.5. The fourth-order valence-corrected chi connectivity index (χ4v) is 5.54. The number of benzene rings is 1. The molecule has 1 aromatic rings. The van der Waals surface area contributed by atoms with Crippen molar-refractivity contribution in [2.24, 2.45) is 4.99 Å². The normalized spacial score (nSPS) is 20.1. The number of thioether (sulfide) groups is 1. The first-order valence-corrected chi connectivity index (χ1v) is 12.7. The fourth-order valence-electron chi connectivity index (χ4n) is 4.09. The van der Waals surface area contributed by atoms with E-state index in [1.54, 1.807) is 11.8 Å². The Balaban J connectivity index is 1.88. The van der Waals surface area contributed by atoms with Crippen LogP contribution in [0.5, 0.6) is 0 Å². The molecule has 0 spiro atoms. The van der Waals surface area contributed by atoms with Crippen LogP contribution in [0.3, 0.4) is 0 Å². The second-order valence-electron chi connectivity index (χ2n) is 8.70. The zero-order valence-electron chi connectivity index (χ0n) is 20.4. The summed E-state index contributed by atoms with van der Waals surface area (Å²) in [7, 11) is 0. The molecule has 0 bridgehead atoms. The molecule has 0 saturated carbocycles. The summed E-state index contributed by atoms with van der Waals surface area (Å²) in [5, 5.41) is 6.44. The average Bonchev–Trinajstić information content (AvgIpc) is 2.83. The van der Waals surface area contributed by atoms with Crippen molar-refractivity contribution in [2.75, 3.05) is 39.3 Å². The standard InChI is InChI=1S/C25H34ClF2N5S/c1-6-21(22(7-2)34-25(4,5)33-14-10-29-11-15-33)31-24-17(3)30-12-13-32(24)16-18-19(27)8-9-20(28)23(18)26/h6-9,29-30H,3,10-16H2,1-2,4-5H3/b21-6-,22-7-,31-24?. The number of aliphatic imine (C=N–C) groups is 1. The Kier molecular flexibility index (Phi) is 9.20. The number of hydrogen-bond donors (Lipinski definition) is 2. The van der Waals surface area contributed by atoms with E-state index in [4.69, 9.17) is 16.6 Å². The van der Waals surface area contributed by atoms with Crippen molar-refractivity contribution in [3.05, 3.63) is 69.4 Å². The maximum atomic E-state index is 14.5. The Bertz CT molecular complexity index is 999. The predicted molar refractivity (Wildman–Crippen MR) is 140 cm³/mol. The SMILES string of the molecule is C=C1NCCN(Cc2c(F)ccc(F)c2Cl)C1=NC(=C\C)/C(=C/C)SC(C)(C)N1CCNCC1. The number of hydrogen-bond acceptors (Lipinski definition) is 5. The highest BCUT2D eigenvalue weighted by Gasteiger charge is 2.31. The first kappa shape index (κ1) is 26.7. The van der Waals surface area contributed by atoms with E-state index in [2.05, 4.69) is 42.0 Å². The second kappa shape index (κ2) is 11.7. The van der Waals surface area contributed by atoms with Gasteiger partial charge in [-0.1, -0.05) is 30.3 Å². The summed E-state index contributed by atoms with van der Waals surface area (Å²) >= 11 is 7.87. The molecule has 2 N–H and O–H groups in total. The van der Waals surface area contributed by atoms with Crippen LogP contribution in [0, 0.1) is 11.6 Å². The summed E-state index contributed by atoms with van der Waals surface area (Å²) in [5.74, 6) is -0.579. The Labute approximate surface area is 211 Å². The Morgan fingerprint density at radius 3 is 2.47 bits per heavy atom. The molecule has 0 atom stereocenters. The van der Waals surface area contributed by atoms with E-state index in [9.17, 15) is 8.78 Å². The molecule has 3 rings (SSSR count). The van der Waals surface area contributed by atoms with Gasteiger partial charge < -0.3 is 15.5 Å². The predicted octanol–water partition coefficient (Wildman–Crippen LogP) is 5.12. The molecule has 2 saturated heterocycles. The zero-order valence-corrected chi connectivity index (χ0v) is 21.9. The van der Waals surface area contributed by atoms with Gasteiger partial charge in [0.15, 0.2) is 5.84 Å². The van der Waals surface area contributed by atoms with Crippen LogP contribution in [-0.2, 0) is 6.54 Å². The molecule has 2 aliphatic heterocycles. The monoisotopic (exact) mass is 509 g/mol. The lowest BCUT2D eigenvalue weighted by atomic mass is 10.1. The number of nitrogens with zero attached hydrogens (tertiary/aromatic N) is 3. The smallest absolute Gasteiger partial charge is 0.152 e. The Morgan fingerprint density at radius 2 is 1.82 bits per heavy atom. The molecule has 2 heterocycles. The van der Waals surface area contributed by atoms with Crippen molar-refractivity contribution in [1.82, 2.24) is 20.4 Å². The van der Waals surface area contributed by atoms with Crippen LogP contribution in [0.4, 0.5) is 8.78 Å². The van der Waals surface area contributed by atoms with Crippen LogP contribution in [0.2, 0.25) is 5.02 Å². The number of amidine groups is 1. The van der Waals surface area contributed by atoms with E-state index in [1.807, 2.05) is 24.8 Å². The number of piperazine rings is 2. The third kappa shape index (κ3) is 6.22. The summed E-state index contributed by atoms with van der Waals surface area (Å²) in [4.78, 5) is 10.3. The highest BCUT2D eigenvalue weighted by Crippen LogP contribution is 2.39. The highest BCUT2D eigenvalue weighted by molar-refractivity contribution is 8.04. The number of halogens is 3. The van der Waals surface area contributed by atoms with E-state index >= 15 is 0 Å². The van der Waals surface area contributed by atoms with Gasteiger partial charge in [-0.3, -0.25) is 4.90 Å². The van der Waals surface area contributed by atoms with Gasteiger partial charge in [0.1, 0.15) is 11.6 Å². The number of nitrogens with one attached hydrogen (secondary N) is 2. The lowest BCUT2D eigenvalue weighted by molar-refractivity contribution is 0.173. The fraction of sp³-hybridized carbons (Fsp3) is 0.480. The minimum atomic E-state index is -0.637. The molecule has 0 radical (unpaired) electrons. The van der Waals surface area contributed by atoms with Gasteiger partial charge in [-0.2, -0.15) is 0 Å². The van der Waals surface area contributed by atoms with Gasteiger partial charge in [-0.15, -0.1) is 11.8 Å². The van der Waals surface area contributed by atoms with Crippen LogP contribution in [0.1, 0.15) is 33.3 Å². The van der Waals surface area contributed by atoms with E-state index in [0.29, 0.717) is 24.6 Å². The van der Waals surface area contributed by atoms with Gasteiger partial charge in [0.05, 0.1) is 21.3 Å². The first-order valence-electron chi connectivity index (χ1n) is 11.5. The minimum absolute atomic E-state index is 0.101. The van der Waals surface area contributed by atoms with Crippen LogP contribution in [0.25, 0.3) is 0 Å². The van der Waals surface area contributed by atoms with Crippen molar-refractivity contribution in [3.8, 4) is 0 Å². The number of rotatable bonds is 7. The van der Waals surface area contributed by atoms with Gasteiger partial charge in [-0.05, 0) is 39.8 Å². The Hall–Kier alpha value is -1.87. The minimum Gasteiger partial charge on any atom is -0.381 e. The molecule has 186 valence electrons. The molecule has 2 aliphatic rings. The van der Waals surface area contributed by atoms with Crippen molar-refractivity contribution in [2.45, 2.75) is 39.1 Å². The third-order valence-electron chi connectivity index (χ3n) is 6.03. The van der Waals surface area contributed by atoms with Gasteiger partial charge in [0.2, 0.25) is 0 Å². The first-order chi connectivity index (χ1) is 16.2. The molecular formula is C25H34ClF2N5S. The van der Waals surface area contributed by atoms with Crippen LogP contribution in [-0.4, -0.2) is 59.8 Å². The molecule has 9 heteroatoms.